The van der Waals surface area contributed by atoms with Gasteiger partial charge < -0.3 is 19.3 Å². The van der Waals surface area contributed by atoms with Gasteiger partial charge in [-0.3, -0.25) is 14.5 Å². The normalized spacial score (nSPS) is 18.7. The molecular formula is C36H30N2O6S. The summed E-state index contributed by atoms with van der Waals surface area (Å²) in [6.45, 7) is 4.81. The molecule has 0 spiro atoms. The Morgan fingerprint density at radius 3 is 2.53 bits per heavy atom. The van der Waals surface area contributed by atoms with E-state index in [1.807, 2.05) is 80.6 Å². The predicted octanol–water partition coefficient (Wildman–Crippen LogP) is 7.22. The monoisotopic (exact) mass is 618 g/mol. The summed E-state index contributed by atoms with van der Waals surface area (Å²) in [5, 5.41) is 12.0. The third-order valence-electron chi connectivity index (χ3n) is 7.92. The van der Waals surface area contributed by atoms with Gasteiger partial charge in [-0.2, -0.15) is 0 Å². The first kappa shape index (κ1) is 28.6. The molecule has 0 radical (unpaired) electrons. The van der Waals surface area contributed by atoms with Gasteiger partial charge in [0.2, 0.25) is 0 Å². The molecule has 3 heterocycles. The lowest BCUT2D eigenvalue weighted by molar-refractivity contribution is -0.132. The van der Waals surface area contributed by atoms with Crippen LogP contribution in [0.5, 0.6) is 17.2 Å². The first-order chi connectivity index (χ1) is 21.9. The molecule has 1 N–H and O–H groups in total. The molecule has 226 valence electrons. The molecule has 5 aromatic rings. The number of carbonyl (C=O) groups is 2. The van der Waals surface area contributed by atoms with Gasteiger partial charge in [-0.25, -0.2) is 4.98 Å². The largest absolute Gasteiger partial charge is 0.507 e. The maximum Gasteiger partial charge on any atom is 0.301 e. The van der Waals surface area contributed by atoms with Gasteiger partial charge >= 0.3 is 5.91 Å². The van der Waals surface area contributed by atoms with E-state index in [1.54, 1.807) is 24.3 Å². The van der Waals surface area contributed by atoms with Crippen molar-refractivity contribution < 1.29 is 28.9 Å². The van der Waals surface area contributed by atoms with Crippen LogP contribution < -0.4 is 19.1 Å². The number of hydrogen-bond donors (Lipinski definition) is 1. The Labute approximate surface area is 264 Å². The van der Waals surface area contributed by atoms with Crippen LogP contribution >= 0.6 is 11.3 Å². The maximum atomic E-state index is 13.8. The first-order valence-corrected chi connectivity index (χ1v) is 15.6. The number of carbonyl (C=O) groups excluding carboxylic acids is 2. The second-order valence-electron chi connectivity index (χ2n) is 11.0. The maximum absolute atomic E-state index is 13.8. The lowest BCUT2D eigenvalue weighted by Crippen LogP contribution is -2.29. The van der Waals surface area contributed by atoms with Crippen molar-refractivity contribution in [1.29, 1.82) is 0 Å². The number of rotatable bonds is 8. The van der Waals surface area contributed by atoms with Gasteiger partial charge in [-0.15, -0.1) is 0 Å². The summed E-state index contributed by atoms with van der Waals surface area (Å²) in [4.78, 5) is 33.6. The van der Waals surface area contributed by atoms with Gasteiger partial charge in [-0.05, 0) is 79.1 Å². The molecule has 1 saturated heterocycles. The van der Waals surface area contributed by atoms with Crippen molar-refractivity contribution in [2.24, 2.45) is 0 Å². The SMILES string of the molecule is CCOc1ccc2nc(N3C(=O)C(=O)C(=C(O)c4ccc5c(c4)C[C@H](C)O5)[C@@H]3c3ccc(OCc4ccccc4)cc3)sc2c1. The van der Waals surface area contributed by atoms with E-state index < -0.39 is 17.7 Å². The Hall–Kier alpha value is -5.15. The number of benzene rings is 4. The van der Waals surface area contributed by atoms with Crippen LogP contribution in [0.2, 0.25) is 0 Å². The average Bonchev–Trinajstić information content (AvgIpc) is 3.72. The number of fused-ring (bicyclic) bond motifs is 2. The number of hydrogen-bond acceptors (Lipinski definition) is 8. The van der Waals surface area contributed by atoms with Crippen molar-refractivity contribution in [2.75, 3.05) is 11.5 Å². The number of nitrogens with zero attached hydrogens (tertiary/aromatic N) is 2. The number of thiazole rings is 1. The molecule has 9 heteroatoms. The number of aromatic nitrogens is 1. The first-order valence-electron chi connectivity index (χ1n) is 14.8. The van der Waals surface area contributed by atoms with Crippen LogP contribution in [-0.2, 0) is 22.6 Å². The minimum Gasteiger partial charge on any atom is -0.507 e. The van der Waals surface area contributed by atoms with E-state index in [4.69, 9.17) is 19.2 Å². The molecule has 8 nitrogen and oxygen atoms in total. The van der Waals surface area contributed by atoms with Crippen LogP contribution in [0.4, 0.5) is 5.13 Å². The molecule has 2 atom stereocenters. The van der Waals surface area contributed by atoms with Crippen LogP contribution in [0.25, 0.3) is 16.0 Å². The lowest BCUT2D eigenvalue weighted by atomic mass is 9.94. The summed E-state index contributed by atoms with van der Waals surface area (Å²) >= 11 is 1.29. The van der Waals surface area contributed by atoms with E-state index in [9.17, 15) is 14.7 Å². The number of anilines is 1. The van der Waals surface area contributed by atoms with Crippen molar-refractivity contribution in [2.45, 2.75) is 39.0 Å². The number of Topliss-reactive ketones (excluding diaryl/α,β-unsaturated/α-hetero) is 1. The second kappa shape index (κ2) is 11.7. The molecule has 1 fully saturated rings. The molecule has 4 aromatic carbocycles. The topological polar surface area (TPSA) is 98.2 Å². The standard InChI is InChI=1S/C36H30N2O6S/c1-3-42-27-14-15-28-30(19-27)45-36(37-28)38-32(23-9-12-26(13-10-23)43-20-22-7-5-4-6-8-22)31(34(40)35(38)41)33(39)24-11-16-29-25(18-24)17-21(2)44-29/h4-16,18-19,21,32,39H,3,17,20H2,1-2H3/t21-,32-/m0/s1. The number of ether oxygens (including phenoxy) is 3. The molecule has 0 saturated carbocycles. The fourth-order valence-electron chi connectivity index (χ4n) is 5.81. The molecule has 0 bridgehead atoms. The smallest absolute Gasteiger partial charge is 0.301 e. The molecule has 0 unspecified atom stereocenters. The number of aliphatic hydroxyl groups is 1. The van der Waals surface area contributed by atoms with E-state index >= 15 is 0 Å². The molecule has 7 rings (SSSR count). The Balaban J connectivity index is 1.30. The van der Waals surface area contributed by atoms with Crippen molar-refractivity contribution in [3.8, 4) is 17.2 Å². The molecule has 2 aliphatic rings. The van der Waals surface area contributed by atoms with Crippen molar-refractivity contribution in [3.05, 3.63) is 119 Å². The highest BCUT2D eigenvalue weighted by molar-refractivity contribution is 7.22. The number of aliphatic hydroxyl groups excluding tert-OH is 1. The summed E-state index contributed by atoms with van der Waals surface area (Å²) < 4.78 is 18.3. The van der Waals surface area contributed by atoms with Crippen LogP contribution in [0.1, 0.15) is 42.1 Å². The van der Waals surface area contributed by atoms with Crippen molar-refractivity contribution in [3.63, 3.8) is 0 Å². The highest BCUT2D eigenvalue weighted by atomic mass is 32.1. The van der Waals surface area contributed by atoms with Gasteiger partial charge in [0, 0.05) is 12.0 Å². The minimum atomic E-state index is -0.913. The van der Waals surface area contributed by atoms with E-state index in [0.29, 0.717) is 52.9 Å². The Morgan fingerprint density at radius 2 is 1.76 bits per heavy atom. The quantitative estimate of drug-likeness (QED) is 0.111. The van der Waals surface area contributed by atoms with Crippen LogP contribution in [-0.4, -0.2) is 34.5 Å². The van der Waals surface area contributed by atoms with Crippen LogP contribution in [0.3, 0.4) is 0 Å². The predicted molar refractivity (Wildman–Crippen MR) is 173 cm³/mol. The van der Waals surface area contributed by atoms with Gasteiger partial charge in [-0.1, -0.05) is 53.8 Å². The second-order valence-corrected chi connectivity index (χ2v) is 12.0. The number of ketones is 1. The highest BCUT2D eigenvalue weighted by Gasteiger charge is 2.48. The van der Waals surface area contributed by atoms with Crippen molar-refractivity contribution >= 4 is 44.1 Å². The average molecular weight is 619 g/mol. The summed E-state index contributed by atoms with van der Waals surface area (Å²) in [6, 6.07) is 27.0. The van der Waals surface area contributed by atoms with Gasteiger partial charge in [0.05, 0.1) is 28.4 Å². The van der Waals surface area contributed by atoms with Gasteiger partial charge in [0.1, 0.15) is 35.7 Å². The third kappa shape index (κ3) is 5.40. The molecule has 1 aromatic heterocycles. The van der Waals surface area contributed by atoms with Crippen molar-refractivity contribution in [1.82, 2.24) is 4.98 Å². The molecular weight excluding hydrogens is 588 g/mol. The fourth-order valence-corrected chi connectivity index (χ4v) is 6.83. The van der Waals surface area contributed by atoms with E-state index in [0.717, 1.165) is 21.6 Å². The third-order valence-corrected chi connectivity index (χ3v) is 8.94. The Morgan fingerprint density at radius 1 is 0.978 bits per heavy atom. The molecule has 1 amide bonds. The summed E-state index contributed by atoms with van der Waals surface area (Å²) in [7, 11) is 0. The van der Waals surface area contributed by atoms with Gasteiger partial charge in [0.25, 0.3) is 5.78 Å². The van der Waals surface area contributed by atoms with Gasteiger partial charge in [0.15, 0.2) is 5.13 Å². The zero-order valence-electron chi connectivity index (χ0n) is 24.7. The summed E-state index contributed by atoms with van der Waals surface area (Å²) in [5.41, 5.74) is 3.73. The van der Waals surface area contributed by atoms with E-state index in [2.05, 4.69) is 0 Å². The van der Waals surface area contributed by atoms with Crippen LogP contribution in [0.15, 0.2) is 96.6 Å². The molecule has 0 aliphatic carbocycles. The zero-order chi connectivity index (χ0) is 31.1. The highest BCUT2D eigenvalue weighted by Crippen LogP contribution is 2.45. The van der Waals surface area contributed by atoms with E-state index in [1.165, 1.54) is 16.2 Å². The lowest BCUT2D eigenvalue weighted by Gasteiger charge is -2.23. The Kier molecular flexibility index (Phi) is 7.47. The fraction of sp³-hybridized carbons (Fsp3) is 0.194. The molecule has 45 heavy (non-hydrogen) atoms. The van der Waals surface area contributed by atoms with E-state index in [-0.39, 0.29) is 17.4 Å². The summed E-state index contributed by atoms with van der Waals surface area (Å²) in [6.07, 6.45) is 0.710. The Bertz CT molecular complexity index is 1950. The summed E-state index contributed by atoms with van der Waals surface area (Å²) in [5.74, 6) is 0.306. The number of amides is 1. The van der Waals surface area contributed by atoms with Crippen LogP contribution in [0, 0.1) is 0 Å². The molecule has 2 aliphatic heterocycles. The minimum absolute atomic E-state index is 0.000806. The zero-order valence-corrected chi connectivity index (χ0v) is 25.5.